The molecule has 1 saturated carbocycles. The lowest BCUT2D eigenvalue weighted by Gasteiger charge is -1.82. The van der Waals surface area contributed by atoms with Crippen LogP contribution in [0.3, 0.4) is 0 Å². The zero-order valence-electron chi connectivity index (χ0n) is 6.01. The van der Waals surface area contributed by atoms with Crippen molar-refractivity contribution in [3.63, 3.8) is 0 Å². The number of thiazole rings is 1. The van der Waals surface area contributed by atoms with Gasteiger partial charge in [0, 0.05) is 5.92 Å². The normalized spacial score (nSPS) is 16.5. The molecule has 0 unspecified atom stereocenters. The SMILES string of the molecule is O=C(Cl)c1sc(C2CC2)nc1Br. The van der Waals surface area contributed by atoms with E-state index < -0.39 is 5.24 Å². The first-order chi connectivity index (χ1) is 5.68. The molecule has 0 radical (unpaired) electrons. The third-order valence-corrected chi connectivity index (χ3v) is 4.06. The van der Waals surface area contributed by atoms with Gasteiger partial charge in [0.2, 0.25) is 0 Å². The van der Waals surface area contributed by atoms with Crippen molar-refractivity contribution in [2.45, 2.75) is 18.8 Å². The summed E-state index contributed by atoms with van der Waals surface area (Å²) in [6, 6.07) is 0. The van der Waals surface area contributed by atoms with Crippen LogP contribution < -0.4 is 0 Å². The van der Waals surface area contributed by atoms with Crippen LogP contribution in [0.5, 0.6) is 0 Å². The van der Waals surface area contributed by atoms with Crippen LogP contribution >= 0.6 is 38.9 Å². The Balaban J connectivity index is 2.36. The minimum absolute atomic E-state index is 0.425. The summed E-state index contributed by atoms with van der Waals surface area (Å²) >= 11 is 9.95. The predicted octanol–water partition coefficient (Wildman–Crippen LogP) is 3.16. The quantitative estimate of drug-likeness (QED) is 0.770. The Morgan fingerprint density at radius 3 is 2.75 bits per heavy atom. The summed E-state index contributed by atoms with van der Waals surface area (Å²) in [6.07, 6.45) is 2.38. The Kier molecular flexibility index (Phi) is 2.23. The molecule has 1 heterocycles. The van der Waals surface area contributed by atoms with Gasteiger partial charge in [0.1, 0.15) is 9.48 Å². The first-order valence-electron chi connectivity index (χ1n) is 3.54. The Hall–Kier alpha value is 0.0700. The second-order valence-corrected chi connectivity index (χ2v) is 4.85. The summed E-state index contributed by atoms with van der Waals surface area (Å²) in [5.41, 5.74) is 0. The molecule has 1 fully saturated rings. The molecule has 0 atom stereocenters. The van der Waals surface area contributed by atoms with E-state index in [1.54, 1.807) is 0 Å². The molecule has 2 nitrogen and oxygen atoms in total. The second-order valence-electron chi connectivity index (χ2n) is 2.72. The summed E-state index contributed by atoms with van der Waals surface area (Å²) in [7, 11) is 0. The Bertz CT molecular complexity index is 334. The lowest BCUT2D eigenvalue weighted by Crippen LogP contribution is -1.82. The van der Waals surface area contributed by atoms with E-state index in [2.05, 4.69) is 20.9 Å². The highest BCUT2D eigenvalue weighted by Crippen LogP contribution is 2.43. The smallest absolute Gasteiger partial charge is 0.265 e. The molecule has 5 heteroatoms. The van der Waals surface area contributed by atoms with Gasteiger partial charge >= 0.3 is 0 Å². The monoisotopic (exact) mass is 265 g/mol. The zero-order chi connectivity index (χ0) is 8.72. The minimum Gasteiger partial charge on any atom is -0.275 e. The molecule has 12 heavy (non-hydrogen) atoms. The predicted molar refractivity (Wildman–Crippen MR) is 52.0 cm³/mol. The molecule has 0 spiro atoms. The van der Waals surface area contributed by atoms with Crippen LogP contribution in [0.25, 0.3) is 0 Å². The highest BCUT2D eigenvalue weighted by Gasteiger charge is 2.28. The van der Waals surface area contributed by atoms with Crippen LogP contribution in [0.4, 0.5) is 0 Å². The van der Waals surface area contributed by atoms with E-state index in [1.165, 1.54) is 24.2 Å². The molecule has 0 aromatic carbocycles. The topological polar surface area (TPSA) is 30.0 Å². The number of rotatable bonds is 2. The average Bonchev–Trinajstić information content (AvgIpc) is 2.75. The van der Waals surface area contributed by atoms with Gasteiger partial charge in [-0.2, -0.15) is 0 Å². The molecule has 0 aliphatic heterocycles. The van der Waals surface area contributed by atoms with Crippen molar-refractivity contribution in [1.82, 2.24) is 4.98 Å². The molecule has 2 rings (SSSR count). The van der Waals surface area contributed by atoms with Gasteiger partial charge in [-0.05, 0) is 40.4 Å². The number of aromatic nitrogens is 1. The summed E-state index contributed by atoms with van der Waals surface area (Å²) in [4.78, 5) is 15.6. The number of hydrogen-bond acceptors (Lipinski definition) is 3. The highest BCUT2D eigenvalue weighted by molar-refractivity contribution is 9.10. The molecule has 1 aliphatic rings. The molecular formula is C7H5BrClNOS. The molecule has 64 valence electrons. The van der Waals surface area contributed by atoms with Gasteiger partial charge < -0.3 is 0 Å². The first-order valence-corrected chi connectivity index (χ1v) is 5.53. The fourth-order valence-corrected chi connectivity index (χ4v) is 2.95. The van der Waals surface area contributed by atoms with E-state index in [0.29, 0.717) is 15.4 Å². The van der Waals surface area contributed by atoms with Gasteiger partial charge in [0.25, 0.3) is 5.24 Å². The van der Waals surface area contributed by atoms with Crippen molar-refractivity contribution in [1.29, 1.82) is 0 Å². The molecule has 0 amide bonds. The maximum absolute atomic E-state index is 10.8. The first kappa shape index (κ1) is 8.66. The third kappa shape index (κ3) is 1.56. The van der Waals surface area contributed by atoms with Crippen molar-refractivity contribution >= 4 is 44.1 Å². The number of carbonyl (C=O) groups excluding carboxylic acids is 1. The maximum atomic E-state index is 10.8. The van der Waals surface area contributed by atoms with Crippen LogP contribution in [0, 0.1) is 0 Å². The van der Waals surface area contributed by atoms with E-state index in [4.69, 9.17) is 11.6 Å². The van der Waals surface area contributed by atoms with Crippen LogP contribution in [0.1, 0.15) is 33.4 Å². The standard InChI is InChI=1S/C7H5BrClNOS/c8-5-4(6(9)11)12-7(10-5)3-1-2-3/h3H,1-2H2. The number of carbonyl (C=O) groups is 1. The van der Waals surface area contributed by atoms with E-state index in [-0.39, 0.29) is 0 Å². The fraction of sp³-hybridized carbons (Fsp3) is 0.429. The third-order valence-electron chi connectivity index (χ3n) is 1.71. The summed E-state index contributed by atoms with van der Waals surface area (Å²) in [5.74, 6) is 0.580. The largest absolute Gasteiger partial charge is 0.275 e. The highest BCUT2D eigenvalue weighted by atomic mass is 79.9. The molecule has 0 bridgehead atoms. The summed E-state index contributed by atoms with van der Waals surface area (Å²) < 4.78 is 0.592. The summed E-state index contributed by atoms with van der Waals surface area (Å²) in [6.45, 7) is 0. The minimum atomic E-state index is -0.425. The van der Waals surface area contributed by atoms with E-state index in [1.807, 2.05) is 0 Å². The molecular weight excluding hydrogens is 262 g/mol. The van der Waals surface area contributed by atoms with Crippen molar-refractivity contribution in [2.75, 3.05) is 0 Å². The molecule has 1 aromatic rings. The van der Waals surface area contributed by atoms with Crippen LogP contribution in [-0.4, -0.2) is 10.2 Å². The number of hydrogen-bond donors (Lipinski definition) is 0. The van der Waals surface area contributed by atoms with Crippen molar-refractivity contribution in [3.05, 3.63) is 14.5 Å². The van der Waals surface area contributed by atoms with E-state index in [0.717, 1.165) is 5.01 Å². The van der Waals surface area contributed by atoms with Gasteiger partial charge in [-0.15, -0.1) is 11.3 Å². The number of halogens is 2. The van der Waals surface area contributed by atoms with Gasteiger partial charge in [-0.1, -0.05) is 0 Å². The summed E-state index contributed by atoms with van der Waals surface area (Å²) in [5, 5.41) is 0.608. The Morgan fingerprint density at radius 2 is 2.33 bits per heavy atom. The van der Waals surface area contributed by atoms with Crippen LogP contribution in [-0.2, 0) is 0 Å². The van der Waals surface area contributed by atoms with Crippen molar-refractivity contribution < 1.29 is 4.79 Å². The fourth-order valence-electron chi connectivity index (χ4n) is 0.943. The molecule has 1 aromatic heterocycles. The molecule has 0 N–H and O–H groups in total. The van der Waals surface area contributed by atoms with E-state index >= 15 is 0 Å². The van der Waals surface area contributed by atoms with E-state index in [9.17, 15) is 4.79 Å². The van der Waals surface area contributed by atoms with Crippen LogP contribution in [0.2, 0.25) is 0 Å². The van der Waals surface area contributed by atoms with Gasteiger partial charge in [0.15, 0.2) is 0 Å². The number of nitrogens with zero attached hydrogens (tertiary/aromatic N) is 1. The lowest BCUT2D eigenvalue weighted by molar-refractivity contribution is 0.108. The average molecular weight is 267 g/mol. The molecule has 1 aliphatic carbocycles. The maximum Gasteiger partial charge on any atom is 0.265 e. The Morgan fingerprint density at radius 1 is 1.67 bits per heavy atom. The van der Waals surface area contributed by atoms with Crippen molar-refractivity contribution in [3.8, 4) is 0 Å². The molecule has 0 saturated heterocycles. The van der Waals surface area contributed by atoms with Crippen LogP contribution in [0.15, 0.2) is 4.60 Å². The second kappa shape index (κ2) is 3.09. The Labute approximate surface area is 87.1 Å². The van der Waals surface area contributed by atoms with Gasteiger partial charge in [-0.25, -0.2) is 4.98 Å². The lowest BCUT2D eigenvalue weighted by atomic mass is 10.5. The zero-order valence-corrected chi connectivity index (χ0v) is 9.17. The van der Waals surface area contributed by atoms with Crippen molar-refractivity contribution in [2.24, 2.45) is 0 Å². The van der Waals surface area contributed by atoms with Gasteiger partial charge in [-0.3, -0.25) is 4.79 Å². The van der Waals surface area contributed by atoms with Gasteiger partial charge in [0.05, 0.1) is 5.01 Å².